The van der Waals surface area contributed by atoms with Crippen molar-refractivity contribution in [2.24, 2.45) is 7.05 Å². The molecule has 1 aromatic heterocycles. The number of urea groups is 1. The normalized spacial score (nSPS) is 11.5. The van der Waals surface area contributed by atoms with Crippen LogP contribution in [-0.2, 0) is 16.6 Å². The predicted octanol–water partition coefficient (Wildman–Crippen LogP) is -0.392. The van der Waals surface area contributed by atoms with Gasteiger partial charge in [0.05, 0.1) is 5.69 Å². The third-order valence-electron chi connectivity index (χ3n) is 2.35. The standard InChI is InChI=1S/C11H16N4O4/c1-6(9(16)14-11(18)13-2)19-10(17)8-4-7(12)5-15(8)3/h4-6H,12H2,1-3H3,(H2,13,14,16,18). The topological polar surface area (TPSA) is 115 Å². The van der Waals surface area contributed by atoms with E-state index in [1.165, 1.54) is 24.6 Å². The first-order valence-corrected chi connectivity index (χ1v) is 5.50. The SMILES string of the molecule is CNC(=O)NC(=O)C(C)OC(=O)c1cc(N)cn1C. The summed E-state index contributed by atoms with van der Waals surface area (Å²) in [7, 11) is 2.99. The van der Waals surface area contributed by atoms with Gasteiger partial charge in [0, 0.05) is 20.3 Å². The molecule has 0 saturated carbocycles. The number of amides is 3. The number of aryl methyl sites for hydroxylation is 1. The van der Waals surface area contributed by atoms with Gasteiger partial charge in [-0.15, -0.1) is 0 Å². The molecule has 104 valence electrons. The van der Waals surface area contributed by atoms with E-state index in [9.17, 15) is 14.4 Å². The number of anilines is 1. The second kappa shape index (κ2) is 5.89. The van der Waals surface area contributed by atoms with Crippen LogP contribution in [0.3, 0.4) is 0 Å². The van der Waals surface area contributed by atoms with Crippen LogP contribution in [0.5, 0.6) is 0 Å². The zero-order chi connectivity index (χ0) is 14.6. The van der Waals surface area contributed by atoms with Crippen molar-refractivity contribution < 1.29 is 19.1 Å². The Morgan fingerprint density at radius 1 is 1.42 bits per heavy atom. The molecule has 8 heteroatoms. The van der Waals surface area contributed by atoms with Crippen LogP contribution >= 0.6 is 0 Å². The minimum atomic E-state index is -1.10. The van der Waals surface area contributed by atoms with Gasteiger partial charge in [-0.1, -0.05) is 0 Å². The number of nitrogens with two attached hydrogens (primary N) is 1. The van der Waals surface area contributed by atoms with Crippen LogP contribution in [-0.4, -0.2) is 35.6 Å². The van der Waals surface area contributed by atoms with Crippen LogP contribution in [0.2, 0.25) is 0 Å². The van der Waals surface area contributed by atoms with Gasteiger partial charge in [0.1, 0.15) is 5.69 Å². The van der Waals surface area contributed by atoms with Crippen molar-refractivity contribution in [1.82, 2.24) is 15.2 Å². The van der Waals surface area contributed by atoms with E-state index in [-0.39, 0.29) is 5.69 Å². The summed E-state index contributed by atoms with van der Waals surface area (Å²) < 4.78 is 6.42. The lowest BCUT2D eigenvalue weighted by Gasteiger charge is -2.12. The Kier molecular flexibility index (Phi) is 4.51. The van der Waals surface area contributed by atoms with Crippen LogP contribution in [0.15, 0.2) is 12.3 Å². The Morgan fingerprint density at radius 3 is 2.53 bits per heavy atom. The first-order valence-electron chi connectivity index (χ1n) is 5.50. The lowest BCUT2D eigenvalue weighted by Crippen LogP contribution is -2.43. The molecule has 1 aromatic rings. The fourth-order valence-corrected chi connectivity index (χ4v) is 1.34. The predicted molar refractivity (Wildman–Crippen MR) is 67.3 cm³/mol. The second-order valence-electron chi connectivity index (χ2n) is 3.89. The highest BCUT2D eigenvalue weighted by atomic mass is 16.5. The monoisotopic (exact) mass is 268 g/mol. The van der Waals surface area contributed by atoms with E-state index in [0.29, 0.717) is 5.69 Å². The number of nitrogens with one attached hydrogen (secondary N) is 2. The average molecular weight is 268 g/mol. The number of aromatic nitrogens is 1. The number of hydrogen-bond acceptors (Lipinski definition) is 5. The summed E-state index contributed by atoms with van der Waals surface area (Å²) in [6, 6.07) is 0.766. The zero-order valence-electron chi connectivity index (χ0n) is 10.9. The molecule has 1 rings (SSSR count). The van der Waals surface area contributed by atoms with Gasteiger partial charge >= 0.3 is 12.0 Å². The molecule has 8 nitrogen and oxygen atoms in total. The van der Waals surface area contributed by atoms with Crippen LogP contribution in [0.25, 0.3) is 0 Å². The molecule has 0 aliphatic carbocycles. The molecule has 19 heavy (non-hydrogen) atoms. The van der Waals surface area contributed by atoms with Gasteiger partial charge in [0.2, 0.25) is 0 Å². The molecule has 0 aromatic carbocycles. The Hall–Kier alpha value is -2.51. The van der Waals surface area contributed by atoms with Crippen LogP contribution in [0, 0.1) is 0 Å². The summed E-state index contributed by atoms with van der Waals surface area (Å²) in [5, 5.41) is 4.22. The minimum Gasteiger partial charge on any atom is -0.448 e. The second-order valence-corrected chi connectivity index (χ2v) is 3.89. The van der Waals surface area contributed by atoms with Gasteiger partial charge in [-0.2, -0.15) is 0 Å². The third kappa shape index (κ3) is 3.73. The smallest absolute Gasteiger partial charge is 0.355 e. The number of ether oxygens (including phenoxy) is 1. The molecule has 4 N–H and O–H groups in total. The van der Waals surface area contributed by atoms with Gasteiger partial charge in [-0.25, -0.2) is 9.59 Å². The summed E-state index contributed by atoms with van der Waals surface area (Å²) in [4.78, 5) is 34.2. The molecule has 0 fully saturated rings. The van der Waals surface area contributed by atoms with Gasteiger partial charge in [-0.3, -0.25) is 10.1 Å². The quantitative estimate of drug-likeness (QED) is 0.646. The van der Waals surface area contributed by atoms with Gasteiger partial charge in [0.25, 0.3) is 5.91 Å². The number of hydrogen-bond donors (Lipinski definition) is 3. The molecule has 1 atom stereocenters. The van der Waals surface area contributed by atoms with Crippen molar-refractivity contribution in [3.8, 4) is 0 Å². The lowest BCUT2D eigenvalue weighted by atomic mass is 10.3. The summed E-state index contributed by atoms with van der Waals surface area (Å²) in [6.07, 6.45) is 0.451. The van der Waals surface area contributed by atoms with Crippen molar-refractivity contribution in [2.75, 3.05) is 12.8 Å². The summed E-state index contributed by atoms with van der Waals surface area (Å²) in [6.45, 7) is 1.36. The molecule has 1 heterocycles. The van der Waals surface area contributed by atoms with Crippen molar-refractivity contribution in [2.45, 2.75) is 13.0 Å². The first kappa shape index (κ1) is 14.6. The molecule has 0 radical (unpaired) electrons. The number of rotatable bonds is 3. The van der Waals surface area contributed by atoms with Gasteiger partial charge < -0.3 is 20.4 Å². The van der Waals surface area contributed by atoms with Crippen LogP contribution < -0.4 is 16.4 Å². The number of nitrogens with zero attached hydrogens (tertiary/aromatic N) is 1. The molecule has 1 unspecified atom stereocenters. The summed E-state index contributed by atoms with van der Waals surface area (Å²) in [5.41, 5.74) is 6.16. The third-order valence-corrected chi connectivity index (χ3v) is 2.35. The van der Waals surface area contributed by atoms with Crippen LogP contribution in [0.1, 0.15) is 17.4 Å². The van der Waals surface area contributed by atoms with Crippen molar-refractivity contribution >= 4 is 23.6 Å². The van der Waals surface area contributed by atoms with E-state index in [2.05, 4.69) is 5.32 Å². The molecular formula is C11H16N4O4. The Bertz CT molecular complexity index is 509. The molecule has 0 aliphatic rings. The zero-order valence-corrected chi connectivity index (χ0v) is 10.9. The fourth-order valence-electron chi connectivity index (χ4n) is 1.34. The number of carbonyl (C=O) groups is 3. The highest BCUT2D eigenvalue weighted by Gasteiger charge is 2.22. The van der Waals surface area contributed by atoms with Crippen molar-refractivity contribution in [3.63, 3.8) is 0 Å². The summed E-state index contributed by atoms with van der Waals surface area (Å²) in [5.74, 6) is -1.41. The van der Waals surface area contributed by atoms with E-state index in [0.717, 1.165) is 0 Å². The fraction of sp³-hybridized carbons (Fsp3) is 0.364. The van der Waals surface area contributed by atoms with E-state index in [1.807, 2.05) is 5.32 Å². The van der Waals surface area contributed by atoms with E-state index < -0.39 is 24.0 Å². The Balaban J connectivity index is 2.64. The maximum atomic E-state index is 11.8. The lowest BCUT2D eigenvalue weighted by molar-refractivity contribution is -0.127. The molecule has 3 amide bonds. The Labute approximate surface area is 109 Å². The Morgan fingerprint density at radius 2 is 2.05 bits per heavy atom. The van der Waals surface area contributed by atoms with E-state index in [1.54, 1.807) is 13.2 Å². The average Bonchev–Trinajstić information content (AvgIpc) is 2.68. The number of nitrogen functional groups attached to an aromatic ring is 1. The molecular weight excluding hydrogens is 252 g/mol. The summed E-state index contributed by atoms with van der Waals surface area (Å²) >= 11 is 0. The highest BCUT2D eigenvalue weighted by molar-refractivity contribution is 5.98. The molecule has 0 saturated heterocycles. The first-order chi connectivity index (χ1) is 8.85. The van der Waals surface area contributed by atoms with Crippen molar-refractivity contribution in [1.29, 1.82) is 0 Å². The molecule has 0 spiro atoms. The van der Waals surface area contributed by atoms with Crippen LogP contribution in [0.4, 0.5) is 10.5 Å². The number of esters is 1. The maximum absolute atomic E-state index is 11.8. The van der Waals surface area contributed by atoms with E-state index >= 15 is 0 Å². The number of imide groups is 1. The molecule has 0 bridgehead atoms. The molecule has 0 aliphatic heterocycles. The van der Waals surface area contributed by atoms with Gasteiger partial charge in [-0.05, 0) is 13.0 Å². The maximum Gasteiger partial charge on any atom is 0.355 e. The van der Waals surface area contributed by atoms with Gasteiger partial charge in [0.15, 0.2) is 6.10 Å². The minimum absolute atomic E-state index is 0.220. The highest BCUT2D eigenvalue weighted by Crippen LogP contribution is 2.11. The largest absolute Gasteiger partial charge is 0.448 e. The van der Waals surface area contributed by atoms with E-state index in [4.69, 9.17) is 10.5 Å². The number of carbonyl (C=O) groups excluding carboxylic acids is 3. The van der Waals surface area contributed by atoms with Crippen molar-refractivity contribution in [3.05, 3.63) is 18.0 Å².